The number of esters is 1. The van der Waals surface area contributed by atoms with Crippen LogP contribution < -0.4 is 5.73 Å². The first-order chi connectivity index (χ1) is 22.9. The van der Waals surface area contributed by atoms with Crippen molar-refractivity contribution in [1.82, 2.24) is 0 Å². The lowest BCUT2D eigenvalue weighted by Crippen LogP contribution is -2.43. The van der Waals surface area contributed by atoms with Gasteiger partial charge in [0.1, 0.15) is 6.04 Å². The van der Waals surface area contributed by atoms with Crippen molar-refractivity contribution in [3.63, 3.8) is 0 Å². The van der Waals surface area contributed by atoms with Gasteiger partial charge in [0.2, 0.25) is 0 Å². The first-order valence-corrected chi connectivity index (χ1v) is 17.0. The fraction of sp³-hybridized carbons (Fsp3) is 0.119. The Morgan fingerprint density at radius 1 is 0.617 bits per heavy atom. The van der Waals surface area contributed by atoms with Gasteiger partial charge in [-0.3, -0.25) is 4.79 Å². The number of halogens is 1. The van der Waals surface area contributed by atoms with Gasteiger partial charge in [-0.2, -0.15) is 0 Å². The molecule has 0 saturated heterocycles. The quantitative estimate of drug-likeness (QED) is 0.112. The van der Waals surface area contributed by atoms with Gasteiger partial charge >= 0.3 is 5.97 Å². The van der Waals surface area contributed by atoms with E-state index >= 15 is 0 Å². The summed E-state index contributed by atoms with van der Waals surface area (Å²) in [5.41, 5.74) is 12.1. The second kappa shape index (κ2) is 14.4. The molecule has 0 aliphatic heterocycles. The number of ether oxygens (including phenoxy) is 1. The summed E-state index contributed by atoms with van der Waals surface area (Å²) in [6.07, 6.45) is 0. The Morgan fingerprint density at radius 3 is 1.49 bits per heavy atom. The maximum atomic E-state index is 14.4. The lowest BCUT2D eigenvalue weighted by atomic mass is 9.79. The molecule has 0 aliphatic carbocycles. The van der Waals surface area contributed by atoms with Crippen LogP contribution in [0.3, 0.4) is 0 Å². The van der Waals surface area contributed by atoms with Gasteiger partial charge in [-0.1, -0.05) is 181 Å². The summed E-state index contributed by atoms with van der Waals surface area (Å²) >= 11 is 8.53. The SMILES string of the molecule is Cc1ccc(C(OC(=O)[C@@H](N)CSC(c2ccccc2)(c2ccccc2)c2ccccc2)(c2ccccc2)c2ccccc2Cl)cc1. The Labute approximate surface area is 286 Å². The van der Waals surface area contributed by atoms with Crippen molar-refractivity contribution in [2.24, 2.45) is 5.73 Å². The van der Waals surface area contributed by atoms with E-state index in [0.29, 0.717) is 16.3 Å². The highest BCUT2D eigenvalue weighted by atomic mass is 35.5. The number of nitrogens with two attached hydrogens (primary N) is 1. The molecule has 5 heteroatoms. The molecule has 1 unspecified atom stereocenters. The lowest BCUT2D eigenvalue weighted by molar-refractivity contribution is -0.154. The van der Waals surface area contributed by atoms with Crippen molar-refractivity contribution < 1.29 is 9.53 Å². The van der Waals surface area contributed by atoms with E-state index in [2.05, 4.69) is 36.4 Å². The molecule has 0 heterocycles. The molecule has 47 heavy (non-hydrogen) atoms. The molecular weight excluding hydrogens is 618 g/mol. The van der Waals surface area contributed by atoms with Crippen LogP contribution in [0.15, 0.2) is 170 Å². The number of aryl methyl sites for hydroxylation is 1. The van der Waals surface area contributed by atoms with E-state index < -0.39 is 22.4 Å². The van der Waals surface area contributed by atoms with Crippen LogP contribution in [0.25, 0.3) is 0 Å². The van der Waals surface area contributed by atoms with Gasteiger partial charge < -0.3 is 10.5 Å². The van der Waals surface area contributed by atoms with Crippen molar-refractivity contribution >= 4 is 29.3 Å². The van der Waals surface area contributed by atoms with Crippen LogP contribution in [-0.4, -0.2) is 17.8 Å². The highest BCUT2D eigenvalue weighted by Crippen LogP contribution is 2.49. The number of hydrogen-bond donors (Lipinski definition) is 1. The number of carbonyl (C=O) groups excluding carboxylic acids is 1. The molecular formula is C42H36ClNO2S. The Bertz CT molecular complexity index is 1810. The van der Waals surface area contributed by atoms with E-state index in [1.165, 1.54) is 0 Å². The van der Waals surface area contributed by atoms with Gasteiger partial charge in [0.15, 0.2) is 5.60 Å². The summed E-state index contributed by atoms with van der Waals surface area (Å²) in [5, 5.41) is 0.490. The van der Waals surface area contributed by atoms with Gasteiger partial charge in [0.05, 0.1) is 4.75 Å². The zero-order chi connectivity index (χ0) is 32.7. The van der Waals surface area contributed by atoms with E-state index in [4.69, 9.17) is 22.1 Å². The van der Waals surface area contributed by atoms with Crippen LogP contribution in [0.2, 0.25) is 5.02 Å². The molecule has 3 nitrogen and oxygen atoms in total. The van der Waals surface area contributed by atoms with Gasteiger partial charge in [0.25, 0.3) is 0 Å². The molecule has 0 radical (unpaired) electrons. The largest absolute Gasteiger partial charge is 0.443 e. The summed E-state index contributed by atoms with van der Waals surface area (Å²) in [7, 11) is 0. The Kier molecular flexibility index (Phi) is 9.93. The number of carbonyl (C=O) groups is 1. The van der Waals surface area contributed by atoms with Crippen LogP contribution in [0.5, 0.6) is 0 Å². The van der Waals surface area contributed by atoms with Crippen molar-refractivity contribution in [1.29, 1.82) is 0 Å². The summed E-state index contributed by atoms with van der Waals surface area (Å²) in [5.74, 6) is -0.233. The lowest BCUT2D eigenvalue weighted by Gasteiger charge is -2.38. The van der Waals surface area contributed by atoms with Crippen LogP contribution in [0, 0.1) is 6.92 Å². The number of hydrogen-bond acceptors (Lipinski definition) is 4. The third-order valence-electron chi connectivity index (χ3n) is 8.47. The van der Waals surface area contributed by atoms with E-state index in [0.717, 1.165) is 33.4 Å². The average Bonchev–Trinajstić information content (AvgIpc) is 3.13. The molecule has 0 fully saturated rings. The van der Waals surface area contributed by atoms with Crippen LogP contribution in [-0.2, 0) is 19.9 Å². The molecule has 6 rings (SSSR count). The zero-order valence-electron chi connectivity index (χ0n) is 26.1. The number of rotatable bonds is 11. The van der Waals surface area contributed by atoms with Crippen LogP contribution in [0.4, 0.5) is 0 Å². The average molecular weight is 654 g/mol. The van der Waals surface area contributed by atoms with E-state index in [9.17, 15) is 4.79 Å². The molecule has 2 atom stereocenters. The highest BCUT2D eigenvalue weighted by Gasteiger charge is 2.44. The molecule has 0 spiro atoms. The monoisotopic (exact) mass is 653 g/mol. The Hall–Kier alpha value is -4.61. The summed E-state index contributed by atoms with van der Waals surface area (Å²) in [6.45, 7) is 2.03. The zero-order valence-corrected chi connectivity index (χ0v) is 27.7. The topological polar surface area (TPSA) is 52.3 Å². The standard InChI is InChI=1S/C42H36ClNO2S/c1-31-26-28-33(29-27-31)41(32-16-6-2-7-17-32,37-24-14-15-25-38(37)43)46-40(45)39(44)30-47-42(34-18-8-3-9-19-34,35-20-10-4-11-21-35)36-22-12-5-13-23-36/h2-29,39H,30,44H2,1H3/t39-,41?/m0/s1. The van der Waals surface area contributed by atoms with E-state index in [1.54, 1.807) is 11.8 Å². The van der Waals surface area contributed by atoms with Gasteiger partial charge in [0, 0.05) is 27.5 Å². The smallest absolute Gasteiger partial charge is 0.325 e. The number of benzene rings is 6. The Morgan fingerprint density at radius 2 is 1.02 bits per heavy atom. The summed E-state index contributed by atoms with van der Waals surface area (Å²) < 4.78 is 6.07. The molecule has 6 aromatic carbocycles. The molecule has 0 amide bonds. The minimum Gasteiger partial charge on any atom is -0.443 e. The van der Waals surface area contributed by atoms with Crippen molar-refractivity contribution in [3.05, 3.63) is 214 Å². The van der Waals surface area contributed by atoms with Crippen molar-refractivity contribution in [2.75, 3.05) is 5.75 Å². The fourth-order valence-electron chi connectivity index (χ4n) is 6.14. The molecule has 0 aliphatic rings. The van der Waals surface area contributed by atoms with Crippen LogP contribution in [0.1, 0.15) is 38.9 Å². The fourth-order valence-corrected chi connectivity index (χ4v) is 7.88. The maximum Gasteiger partial charge on any atom is 0.325 e. The molecule has 6 aromatic rings. The van der Waals surface area contributed by atoms with Gasteiger partial charge in [-0.05, 0) is 29.7 Å². The Balaban J connectivity index is 1.42. The highest BCUT2D eigenvalue weighted by molar-refractivity contribution is 8.00. The predicted octanol–water partition coefficient (Wildman–Crippen LogP) is 9.54. The van der Waals surface area contributed by atoms with Gasteiger partial charge in [-0.25, -0.2) is 0 Å². The predicted molar refractivity (Wildman–Crippen MR) is 195 cm³/mol. The van der Waals surface area contributed by atoms with Crippen LogP contribution >= 0.6 is 23.4 Å². The first-order valence-electron chi connectivity index (χ1n) is 15.6. The van der Waals surface area contributed by atoms with E-state index in [-0.39, 0.29) is 0 Å². The second-order valence-corrected chi connectivity index (χ2v) is 13.2. The maximum absolute atomic E-state index is 14.4. The second-order valence-electron chi connectivity index (χ2n) is 11.5. The van der Waals surface area contributed by atoms with Gasteiger partial charge in [-0.15, -0.1) is 11.8 Å². The van der Waals surface area contributed by atoms with E-state index in [1.807, 2.05) is 140 Å². The minimum atomic E-state index is -1.33. The first kappa shape index (κ1) is 32.3. The van der Waals surface area contributed by atoms with Crippen molar-refractivity contribution in [2.45, 2.75) is 23.3 Å². The number of thioether (sulfide) groups is 1. The molecule has 234 valence electrons. The molecule has 0 bridgehead atoms. The minimum absolute atomic E-state index is 0.290. The third kappa shape index (κ3) is 6.50. The van der Waals surface area contributed by atoms with Crippen molar-refractivity contribution in [3.8, 4) is 0 Å². The summed E-state index contributed by atoms with van der Waals surface area (Å²) in [6, 6.07) is 55.4. The normalized spacial score (nSPS) is 13.3. The molecule has 0 aromatic heterocycles. The molecule has 2 N–H and O–H groups in total. The summed E-state index contributed by atoms with van der Waals surface area (Å²) in [4.78, 5) is 14.4. The third-order valence-corrected chi connectivity index (χ3v) is 10.5. The molecule has 0 saturated carbocycles.